The van der Waals surface area contributed by atoms with Gasteiger partial charge in [-0.05, 0) is 42.5 Å². The first-order valence-corrected chi connectivity index (χ1v) is 11.4. The first kappa shape index (κ1) is 22.1. The minimum absolute atomic E-state index is 0.0582. The SMILES string of the molecule is CN1CCN(Cc2nsc(NC(=O)C3=CC4OC4C(c4cccc(OC(F)F)c4)=C3)n2)CC1. The van der Waals surface area contributed by atoms with E-state index in [-0.39, 0.29) is 23.9 Å². The smallest absolute Gasteiger partial charge is 0.387 e. The molecule has 1 amide bonds. The third kappa shape index (κ3) is 5.27. The molecule has 3 aliphatic rings. The average Bonchev–Trinajstić information content (AvgIpc) is 3.45. The fraction of sp³-hybridized carbons (Fsp3) is 0.409. The number of aromatic nitrogens is 2. The third-order valence-corrected chi connectivity index (χ3v) is 6.46. The lowest BCUT2D eigenvalue weighted by molar-refractivity contribution is -0.112. The zero-order valence-electron chi connectivity index (χ0n) is 17.9. The monoisotopic (exact) mass is 475 g/mol. The zero-order chi connectivity index (χ0) is 22.9. The summed E-state index contributed by atoms with van der Waals surface area (Å²) in [6.45, 7) is 1.70. The lowest BCUT2D eigenvalue weighted by Crippen LogP contribution is -2.44. The summed E-state index contributed by atoms with van der Waals surface area (Å²) in [4.78, 5) is 21.9. The summed E-state index contributed by atoms with van der Waals surface area (Å²) >= 11 is 1.15. The molecule has 11 heteroatoms. The van der Waals surface area contributed by atoms with Crippen LogP contribution in [-0.4, -0.2) is 77.1 Å². The molecule has 0 bridgehead atoms. The van der Waals surface area contributed by atoms with Crippen LogP contribution in [0, 0.1) is 0 Å². The first-order valence-electron chi connectivity index (χ1n) is 10.6. The minimum Gasteiger partial charge on any atom is -0.435 e. The van der Waals surface area contributed by atoms with Gasteiger partial charge in [0.05, 0.1) is 6.54 Å². The lowest BCUT2D eigenvalue weighted by atomic mass is 9.93. The summed E-state index contributed by atoms with van der Waals surface area (Å²) in [5, 5.41) is 3.25. The number of amides is 1. The Labute approximate surface area is 193 Å². The van der Waals surface area contributed by atoms with Crippen molar-refractivity contribution in [2.75, 3.05) is 38.5 Å². The summed E-state index contributed by atoms with van der Waals surface area (Å²) in [5.41, 5.74) is 1.85. The highest BCUT2D eigenvalue weighted by molar-refractivity contribution is 7.09. The summed E-state index contributed by atoms with van der Waals surface area (Å²) in [6.07, 6.45) is 3.07. The van der Waals surface area contributed by atoms with E-state index in [9.17, 15) is 13.6 Å². The van der Waals surface area contributed by atoms with Crippen LogP contribution in [0.5, 0.6) is 5.75 Å². The van der Waals surface area contributed by atoms with Crippen molar-refractivity contribution in [1.82, 2.24) is 19.2 Å². The maximum atomic E-state index is 12.9. The van der Waals surface area contributed by atoms with Gasteiger partial charge in [-0.25, -0.2) is 4.98 Å². The zero-order valence-corrected chi connectivity index (χ0v) is 18.7. The van der Waals surface area contributed by atoms with Crippen LogP contribution in [0.25, 0.3) is 5.57 Å². The van der Waals surface area contributed by atoms with Crippen molar-refractivity contribution in [3.8, 4) is 5.75 Å². The highest BCUT2D eigenvalue weighted by Crippen LogP contribution is 2.41. The van der Waals surface area contributed by atoms with Gasteiger partial charge in [-0.2, -0.15) is 13.2 Å². The molecule has 33 heavy (non-hydrogen) atoms. The lowest BCUT2D eigenvalue weighted by Gasteiger charge is -2.31. The second kappa shape index (κ2) is 9.26. The number of anilines is 1. The molecule has 1 aromatic heterocycles. The fourth-order valence-corrected chi connectivity index (χ4v) is 4.54. The molecule has 0 radical (unpaired) electrons. The minimum atomic E-state index is -2.90. The molecular formula is C22H23F2N5O3S. The average molecular weight is 476 g/mol. The Hall–Kier alpha value is -2.73. The molecule has 1 aromatic carbocycles. The number of carbonyl (C=O) groups is 1. The number of piperazine rings is 1. The van der Waals surface area contributed by atoms with Gasteiger partial charge in [0.1, 0.15) is 18.0 Å². The second-order valence-electron chi connectivity index (χ2n) is 8.20. The van der Waals surface area contributed by atoms with E-state index in [1.807, 2.05) is 0 Å². The summed E-state index contributed by atoms with van der Waals surface area (Å²) in [7, 11) is 2.11. The third-order valence-electron chi connectivity index (χ3n) is 5.79. The Bertz CT molecular complexity index is 1100. The molecule has 2 aromatic rings. The van der Waals surface area contributed by atoms with E-state index in [0.29, 0.717) is 28.6 Å². The van der Waals surface area contributed by atoms with Gasteiger partial charge >= 0.3 is 6.61 Å². The van der Waals surface area contributed by atoms with Gasteiger partial charge in [0.25, 0.3) is 5.91 Å². The van der Waals surface area contributed by atoms with Crippen molar-refractivity contribution in [2.45, 2.75) is 25.4 Å². The predicted molar refractivity (Wildman–Crippen MR) is 119 cm³/mol. The van der Waals surface area contributed by atoms with Crippen molar-refractivity contribution in [3.63, 3.8) is 0 Å². The van der Waals surface area contributed by atoms with Crippen LogP contribution in [0.3, 0.4) is 0 Å². The van der Waals surface area contributed by atoms with E-state index in [4.69, 9.17) is 4.74 Å². The molecular weight excluding hydrogens is 452 g/mol. The molecule has 2 unspecified atom stereocenters. The molecule has 3 heterocycles. The van der Waals surface area contributed by atoms with Crippen molar-refractivity contribution >= 4 is 28.1 Å². The molecule has 1 aliphatic carbocycles. The number of benzene rings is 1. The number of alkyl halides is 2. The molecule has 8 nitrogen and oxygen atoms in total. The quantitative estimate of drug-likeness (QED) is 0.617. The molecule has 174 valence electrons. The van der Waals surface area contributed by atoms with E-state index in [1.165, 1.54) is 12.1 Å². The number of hydrogen-bond acceptors (Lipinski definition) is 8. The number of epoxide rings is 1. The number of halogens is 2. The molecule has 5 rings (SSSR count). The van der Waals surface area contributed by atoms with E-state index in [0.717, 1.165) is 43.3 Å². The number of rotatable bonds is 7. The van der Waals surface area contributed by atoms with Crippen LogP contribution in [0.1, 0.15) is 11.4 Å². The molecule has 2 atom stereocenters. The fourth-order valence-electron chi connectivity index (χ4n) is 3.96. The van der Waals surface area contributed by atoms with Crippen molar-refractivity contribution < 1.29 is 23.0 Å². The van der Waals surface area contributed by atoms with Gasteiger partial charge < -0.3 is 14.4 Å². The van der Waals surface area contributed by atoms with Crippen LogP contribution in [0.4, 0.5) is 13.9 Å². The van der Waals surface area contributed by atoms with Crippen LogP contribution in [0.2, 0.25) is 0 Å². The molecule has 1 N–H and O–H groups in total. The van der Waals surface area contributed by atoms with Crippen LogP contribution >= 0.6 is 11.5 Å². The Kier molecular flexibility index (Phi) is 6.19. The number of ether oxygens (including phenoxy) is 2. The van der Waals surface area contributed by atoms with E-state index in [2.05, 4.69) is 36.3 Å². The molecule has 2 aliphatic heterocycles. The predicted octanol–water partition coefficient (Wildman–Crippen LogP) is 2.62. The molecule has 0 saturated carbocycles. The van der Waals surface area contributed by atoms with Gasteiger partial charge in [0, 0.05) is 43.3 Å². The number of nitrogens with zero attached hydrogens (tertiary/aromatic N) is 4. The Morgan fingerprint density at radius 2 is 2.15 bits per heavy atom. The van der Waals surface area contributed by atoms with Crippen LogP contribution in [0.15, 0.2) is 42.0 Å². The van der Waals surface area contributed by atoms with E-state index in [1.54, 1.807) is 24.3 Å². The van der Waals surface area contributed by atoms with Gasteiger partial charge in [0.2, 0.25) is 5.13 Å². The number of hydrogen-bond donors (Lipinski definition) is 1. The van der Waals surface area contributed by atoms with Gasteiger partial charge in [-0.3, -0.25) is 15.0 Å². The molecule has 2 saturated heterocycles. The van der Waals surface area contributed by atoms with Gasteiger partial charge in [-0.1, -0.05) is 12.1 Å². The Morgan fingerprint density at radius 1 is 1.33 bits per heavy atom. The number of nitrogens with one attached hydrogen (secondary N) is 1. The molecule has 0 spiro atoms. The highest BCUT2D eigenvalue weighted by Gasteiger charge is 2.44. The van der Waals surface area contributed by atoms with E-state index >= 15 is 0 Å². The number of carbonyl (C=O) groups excluding carboxylic acids is 1. The summed E-state index contributed by atoms with van der Waals surface area (Å²) in [5.74, 6) is 0.432. The number of likely N-dealkylation sites (N-methyl/N-ethyl adjacent to an activating group) is 1. The largest absolute Gasteiger partial charge is 0.435 e. The van der Waals surface area contributed by atoms with Crippen molar-refractivity contribution in [1.29, 1.82) is 0 Å². The summed E-state index contributed by atoms with van der Waals surface area (Å²) < 4.78 is 39.6. The maximum absolute atomic E-state index is 12.9. The van der Waals surface area contributed by atoms with Crippen LogP contribution in [-0.2, 0) is 16.1 Å². The summed E-state index contributed by atoms with van der Waals surface area (Å²) in [6, 6.07) is 6.39. The molecule has 2 fully saturated rings. The topological polar surface area (TPSA) is 83.1 Å². The Morgan fingerprint density at radius 3 is 2.94 bits per heavy atom. The van der Waals surface area contributed by atoms with Gasteiger partial charge in [0.15, 0.2) is 5.82 Å². The van der Waals surface area contributed by atoms with Crippen molar-refractivity contribution in [2.24, 2.45) is 0 Å². The van der Waals surface area contributed by atoms with Crippen LogP contribution < -0.4 is 10.1 Å². The first-order chi connectivity index (χ1) is 15.9. The highest BCUT2D eigenvalue weighted by atomic mass is 32.1. The Balaban J connectivity index is 1.25. The van der Waals surface area contributed by atoms with Crippen molar-refractivity contribution in [3.05, 3.63) is 53.4 Å². The standard InChI is InChI=1S/C22H23F2N5O3S/c1-28-5-7-29(8-6-28)12-18-25-22(33-27-18)26-20(30)14-10-16(19-17(11-14)32-19)13-3-2-4-15(9-13)31-21(23)24/h2-4,9-11,17,19,21H,5-8,12H2,1H3,(H,25,26,27,30). The van der Waals surface area contributed by atoms with Gasteiger partial charge in [-0.15, -0.1) is 0 Å². The second-order valence-corrected chi connectivity index (χ2v) is 8.95. The number of fused-ring (bicyclic) bond motifs is 1. The normalized spacial score (nSPS) is 23.0. The maximum Gasteiger partial charge on any atom is 0.387 e. The van der Waals surface area contributed by atoms with E-state index < -0.39 is 6.61 Å².